The molecule has 0 unspecified atom stereocenters. The van der Waals surface area contributed by atoms with Crippen molar-refractivity contribution in [2.75, 3.05) is 13.7 Å². The molecule has 0 spiro atoms. The molecular formula is C11H11N3O4. The molecule has 1 rings (SSSR count). The fraction of sp³-hybridized carbons (Fsp3) is 0.182. The highest BCUT2D eigenvalue weighted by Gasteiger charge is 2.13. The van der Waals surface area contributed by atoms with E-state index >= 15 is 0 Å². The molecular weight excluding hydrogens is 238 g/mol. The van der Waals surface area contributed by atoms with Crippen LogP contribution < -0.4 is 5.32 Å². The van der Waals surface area contributed by atoms with E-state index in [4.69, 9.17) is 0 Å². The summed E-state index contributed by atoms with van der Waals surface area (Å²) in [6.07, 6.45) is 3.65. The molecule has 0 aromatic carbocycles. The van der Waals surface area contributed by atoms with Crippen LogP contribution in [0.25, 0.3) is 0 Å². The Morgan fingerprint density at radius 3 is 2.94 bits per heavy atom. The van der Waals surface area contributed by atoms with Crippen molar-refractivity contribution < 1.29 is 14.3 Å². The molecule has 0 saturated carbocycles. The summed E-state index contributed by atoms with van der Waals surface area (Å²) in [5.74, 6) is -1.05. The zero-order valence-electron chi connectivity index (χ0n) is 9.67. The third-order valence-electron chi connectivity index (χ3n) is 2.04. The van der Waals surface area contributed by atoms with E-state index in [0.717, 1.165) is 6.08 Å². The molecule has 0 bridgehead atoms. The Morgan fingerprint density at radius 2 is 2.39 bits per heavy atom. The number of aliphatic imine (C=N–C) groups is 1. The Labute approximate surface area is 103 Å². The summed E-state index contributed by atoms with van der Waals surface area (Å²) >= 11 is 0. The maximum absolute atomic E-state index is 11.4. The summed E-state index contributed by atoms with van der Waals surface area (Å²) in [7, 11) is 1.19. The zero-order valence-corrected chi connectivity index (χ0v) is 9.67. The Bertz CT molecular complexity index is 489. The number of nitrogens with one attached hydrogen (secondary N) is 1. The minimum absolute atomic E-state index is 0.0383. The minimum atomic E-state index is -0.680. The summed E-state index contributed by atoms with van der Waals surface area (Å²) in [6.45, 7) is 3.56. The van der Waals surface area contributed by atoms with E-state index in [1.165, 1.54) is 19.5 Å². The van der Waals surface area contributed by atoms with Gasteiger partial charge in [-0.3, -0.25) is 9.79 Å². The molecule has 0 fully saturated rings. The lowest BCUT2D eigenvalue weighted by molar-refractivity contribution is -0.135. The molecule has 1 heterocycles. The lowest BCUT2D eigenvalue weighted by atomic mass is 10.1. The smallest absolute Gasteiger partial charge is 0.337 e. The predicted octanol–water partition coefficient (Wildman–Crippen LogP) is 0.450. The number of amides is 1. The van der Waals surface area contributed by atoms with Gasteiger partial charge in [0.25, 0.3) is 5.91 Å². The maximum Gasteiger partial charge on any atom is 0.337 e. The molecule has 0 aromatic heterocycles. The molecule has 1 N–H and O–H groups in total. The van der Waals surface area contributed by atoms with Crippen LogP contribution in [-0.4, -0.2) is 31.9 Å². The number of hydrogen-bond acceptors (Lipinski definition) is 6. The van der Waals surface area contributed by atoms with Gasteiger partial charge in [0, 0.05) is 5.57 Å². The SMILES string of the molecule is C=C(/C=C(\C=C1/CN=CNC1=O)N=O)C(=O)OC. The van der Waals surface area contributed by atoms with Gasteiger partial charge in [0.2, 0.25) is 0 Å². The lowest BCUT2D eigenvalue weighted by Crippen LogP contribution is -2.28. The van der Waals surface area contributed by atoms with E-state index in [2.05, 4.69) is 26.8 Å². The van der Waals surface area contributed by atoms with Gasteiger partial charge in [0.05, 0.1) is 25.6 Å². The van der Waals surface area contributed by atoms with Gasteiger partial charge in [-0.15, -0.1) is 4.91 Å². The number of methoxy groups -OCH3 is 1. The number of hydrogen-bond donors (Lipinski definition) is 1. The largest absolute Gasteiger partial charge is 0.465 e. The third kappa shape index (κ3) is 3.48. The van der Waals surface area contributed by atoms with Crippen LogP contribution in [0.2, 0.25) is 0 Å². The Morgan fingerprint density at radius 1 is 1.67 bits per heavy atom. The van der Waals surface area contributed by atoms with E-state index in [-0.39, 0.29) is 29.3 Å². The number of ether oxygens (including phenoxy) is 1. The monoisotopic (exact) mass is 249 g/mol. The highest BCUT2D eigenvalue weighted by atomic mass is 16.5. The molecule has 1 amide bonds. The number of esters is 1. The number of carbonyl (C=O) groups excluding carboxylic acids is 2. The normalized spacial score (nSPS) is 17.3. The van der Waals surface area contributed by atoms with Crippen LogP contribution in [0.15, 0.2) is 45.7 Å². The number of carbonyl (C=O) groups is 2. The number of nitroso groups, excluding NO2 is 1. The van der Waals surface area contributed by atoms with Crippen LogP contribution in [0, 0.1) is 4.91 Å². The van der Waals surface area contributed by atoms with E-state index in [1.54, 1.807) is 0 Å². The van der Waals surface area contributed by atoms with Crippen LogP contribution in [-0.2, 0) is 14.3 Å². The molecule has 1 aliphatic rings. The molecule has 7 nitrogen and oxygen atoms in total. The topological polar surface area (TPSA) is 97.2 Å². The van der Waals surface area contributed by atoms with Crippen molar-refractivity contribution in [3.05, 3.63) is 40.5 Å². The first kappa shape index (κ1) is 13.5. The van der Waals surface area contributed by atoms with Crippen LogP contribution in [0.5, 0.6) is 0 Å². The van der Waals surface area contributed by atoms with Gasteiger partial charge in [0.15, 0.2) is 0 Å². The third-order valence-corrected chi connectivity index (χ3v) is 2.04. The second kappa shape index (κ2) is 6.24. The standard InChI is InChI=1S/C11H11N3O4/c1-7(11(16)18-2)3-9(14-17)4-8-5-12-6-13-10(8)15/h3-4,6H,1,5H2,2H3,(H,12,13,15)/b8-4+,9-3+. The van der Waals surface area contributed by atoms with Gasteiger partial charge in [-0.1, -0.05) is 6.58 Å². The molecule has 7 heteroatoms. The molecule has 1 aliphatic heterocycles. The summed E-state index contributed by atoms with van der Waals surface area (Å²) in [6, 6.07) is 0. The summed E-state index contributed by atoms with van der Waals surface area (Å²) < 4.78 is 4.42. The van der Waals surface area contributed by atoms with Crippen molar-refractivity contribution in [3.63, 3.8) is 0 Å². The molecule has 94 valence electrons. The second-order valence-electron chi connectivity index (χ2n) is 3.29. The fourth-order valence-corrected chi connectivity index (χ4v) is 1.17. The van der Waals surface area contributed by atoms with Crippen LogP contribution in [0.1, 0.15) is 0 Å². The van der Waals surface area contributed by atoms with Crippen molar-refractivity contribution in [2.24, 2.45) is 10.2 Å². The van der Waals surface area contributed by atoms with E-state index in [9.17, 15) is 14.5 Å². The van der Waals surface area contributed by atoms with Crippen LogP contribution >= 0.6 is 0 Å². The van der Waals surface area contributed by atoms with Crippen molar-refractivity contribution in [3.8, 4) is 0 Å². The van der Waals surface area contributed by atoms with Gasteiger partial charge in [-0.2, -0.15) is 0 Å². The van der Waals surface area contributed by atoms with Crippen LogP contribution in [0.3, 0.4) is 0 Å². The molecule has 0 aliphatic carbocycles. The average molecular weight is 249 g/mol. The first-order valence-electron chi connectivity index (χ1n) is 4.90. The first-order valence-corrected chi connectivity index (χ1v) is 4.90. The minimum Gasteiger partial charge on any atom is -0.465 e. The van der Waals surface area contributed by atoms with Gasteiger partial charge in [-0.25, -0.2) is 4.79 Å². The van der Waals surface area contributed by atoms with Gasteiger partial charge < -0.3 is 10.1 Å². The number of allylic oxidation sites excluding steroid dienone is 1. The van der Waals surface area contributed by atoms with Crippen molar-refractivity contribution in [2.45, 2.75) is 0 Å². The second-order valence-corrected chi connectivity index (χ2v) is 3.29. The van der Waals surface area contributed by atoms with Crippen LogP contribution in [0.4, 0.5) is 0 Å². The van der Waals surface area contributed by atoms with Crippen molar-refractivity contribution >= 4 is 18.2 Å². The fourth-order valence-electron chi connectivity index (χ4n) is 1.17. The predicted molar refractivity (Wildman–Crippen MR) is 64.6 cm³/mol. The molecule has 18 heavy (non-hydrogen) atoms. The Hall–Kier alpha value is -2.57. The Kier molecular flexibility index (Phi) is 4.67. The van der Waals surface area contributed by atoms with Crippen molar-refractivity contribution in [1.82, 2.24) is 5.32 Å². The molecule has 0 radical (unpaired) electrons. The molecule has 0 atom stereocenters. The van der Waals surface area contributed by atoms with E-state index in [0.29, 0.717) is 0 Å². The number of nitrogens with zero attached hydrogens (tertiary/aromatic N) is 2. The highest BCUT2D eigenvalue weighted by molar-refractivity contribution is 6.02. The van der Waals surface area contributed by atoms with E-state index < -0.39 is 5.97 Å². The molecule has 0 aromatic rings. The molecule has 0 saturated heterocycles. The Balaban J connectivity index is 2.94. The maximum atomic E-state index is 11.4. The quantitative estimate of drug-likeness (QED) is 0.338. The summed E-state index contributed by atoms with van der Waals surface area (Å²) in [5.41, 5.74) is 0.123. The van der Waals surface area contributed by atoms with Gasteiger partial charge in [0.1, 0.15) is 5.70 Å². The van der Waals surface area contributed by atoms with Gasteiger partial charge in [-0.05, 0) is 17.3 Å². The zero-order chi connectivity index (χ0) is 13.5. The summed E-state index contributed by atoms with van der Waals surface area (Å²) in [5, 5.41) is 5.07. The lowest BCUT2D eigenvalue weighted by Gasteiger charge is -2.07. The van der Waals surface area contributed by atoms with E-state index in [1.807, 2.05) is 0 Å². The summed E-state index contributed by atoms with van der Waals surface area (Å²) in [4.78, 5) is 36.9. The van der Waals surface area contributed by atoms with Gasteiger partial charge >= 0.3 is 5.97 Å². The first-order chi connectivity index (χ1) is 8.58. The highest BCUT2D eigenvalue weighted by Crippen LogP contribution is 2.10. The van der Waals surface area contributed by atoms with Crippen molar-refractivity contribution in [1.29, 1.82) is 0 Å². The number of rotatable bonds is 4. The average Bonchev–Trinajstić information content (AvgIpc) is 2.39.